The van der Waals surface area contributed by atoms with Crippen LogP contribution in [0.5, 0.6) is 0 Å². The Morgan fingerprint density at radius 3 is 2.96 bits per heavy atom. The third kappa shape index (κ3) is 2.54. The highest BCUT2D eigenvalue weighted by Crippen LogP contribution is 2.42. The van der Waals surface area contributed by atoms with Crippen molar-refractivity contribution in [1.29, 1.82) is 0 Å². The molecule has 1 aromatic carbocycles. The number of fused-ring (bicyclic) bond motifs is 3. The van der Waals surface area contributed by atoms with Crippen LogP contribution in [-0.4, -0.2) is 33.5 Å². The standard InChI is InChI=1S/C18H16Cl2N2O3/c1-9-5-13-11(7-22(9)15(24)8-23)16-10(14-3-2-4-25-14)6-12(19)17(20)18(16)21-13/h2-4,6,9,21,23H,5,7-8H2,1H3/t9-/m1/s1. The molecule has 2 aromatic heterocycles. The molecule has 4 rings (SSSR count). The Kier molecular flexibility index (Phi) is 4.02. The molecule has 0 fully saturated rings. The van der Waals surface area contributed by atoms with Crippen LogP contribution in [0.1, 0.15) is 18.2 Å². The van der Waals surface area contributed by atoms with E-state index in [0.29, 0.717) is 28.8 Å². The lowest BCUT2D eigenvalue weighted by Gasteiger charge is -2.33. The van der Waals surface area contributed by atoms with Crippen LogP contribution in [0.15, 0.2) is 28.9 Å². The lowest BCUT2D eigenvalue weighted by Crippen LogP contribution is -2.43. The van der Waals surface area contributed by atoms with Gasteiger partial charge in [-0.1, -0.05) is 23.2 Å². The number of carbonyl (C=O) groups is 1. The summed E-state index contributed by atoms with van der Waals surface area (Å²) in [5.74, 6) is 0.399. The predicted molar refractivity (Wildman–Crippen MR) is 96.8 cm³/mol. The Bertz CT molecular complexity index is 963. The van der Waals surface area contributed by atoms with Crippen LogP contribution >= 0.6 is 23.2 Å². The number of furan rings is 1. The number of rotatable bonds is 2. The Labute approximate surface area is 154 Å². The zero-order chi connectivity index (χ0) is 17.7. The molecule has 130 valence electrons. The number of amides is 1. The molecule has 1 amide bonds. The van der Waals surface area contributed by atoms with Gasteiger partial charge in [-0.05, 0) is 25.1 Å². The smallest absolute Gasteiger partial charge is 0.248 e. The van der Waals surface area contributed by atoms with Gasteiger partial charge in [0.15, 0.2) is 0 Å². The summed E-state index contributed by atoms with van der Waals surface area (Å²) in [5, 5.41) is 11.0. The van der Waals surface area contributed by atoms with Gasteiger partial charge < -0.3 is 19.4 Å². The van der Waals surface area contributed by atoms with E-state index < -0.39 is 6.61 Å². The van der Waals surface area contributed by atoms with Gasteiger partial charge in [-0.25, -0.2) is 0 Å². The summed E-state index contributed by atoms with van der Waals surface area (Å²) in [6.07, 6.45) is 2.26. The van der Waals surface area contributed by atoms with Gasteiger partial charge >= 0.3 is 0 Å². The number of aliphatic hydroxyl groups is 1. The van der Waals surface area contributed by atoms with E-state index in [9.17, 15) is 9.90 Å². The van der Waals surface area contributed by atoms with Crippen molar-refractivity contribution < 1.29 is 14.3 Å². The number of nitrogens with one attached hydrogen (secondary N) is 1. The molecule has 1 aliphatic heterocycles. The molecule has 0 unspecified atom stereocenters. The number of halogens is 2. The van der Waals surface area contributed by atoms with Crippen molar-refractivity contribution in [2.75, 3.05) is 6.61 Å². The van der Waals surface area contributed by atoms with Crippen LogP contribution < -0.4 is 0 Å². The topological polar surface area (TPSA) is 69.5 Å². The summed E-state index contributed by atoms with van der Waals surface area (Å²) >= 11 is 12.7. The van der Waals surface area contributed by atoms with Gasteiger partial charge in [-0.15, -0.1) is 0 Å². The number of carbonyl (C=O) groups excluding carboxylic acids is 1. The zero-order valence-electron chi connectivity index (χ0n) is 13.5. The summed E-state index contributed by atoms with van der Waals surface area (Å²) in [4.78, 5) is 17.1. The molecule has 0 bridgehead atoms. The highest BCUT2D eigenvalue weighted by Gasteiger charge is 2.31. The van der Waals surface area contributed by atoms with E-state index in [4.69, 9.17) is 27.6 Å². The van der Waals surface area contributed by atoms with Crippen molar-refractivity contribution in [3.63, 3.8) is 0 Å². The number of aliphatic hydroxyl groups excluding tert-OH is 1. The van der Waals surface area contributed by atoms with Gasteiger partial charge in [-0.3, -0.25) is 4.79 Å². The van der Waals surface area contributed by atoms with E-state index in [1.807, 2.05) is 19.1 Å². The number of hydrogen-bond donors (Lipinski definition) is 2. The van der Waals surface area contributed by atoms with Gasteiger partial charge in [-0.2, -0.15) is 0 Å². The Morgan fingerprint density at radius 1 is 1.48 bits per heavy atom. The van der Waals surface area contributed by atoms with Crippen LogP contribution in [0.4, 0.5) is 0 Å². The summed E-state index contributed by atoms with van der Waals surface area (Å²) in [6.45, 7) is 1.87. The molecule has 0 saturated heterocycles. The minimum Gasteiger partial charge on any atom is -0.464 e. The Hall–Kier alpha value is -1.95. The first-order chi connectivity index (χ1) is 12.0. The van der Waals surface area contributed by atoms with Crippen molar-refractivity contribution >= 4 is 40.0 Å². The maximum Gasteiger partial charge on any atom is 0.248 e. The number of nitrogens with zero attached hydrogens (tertiary/aromatic N) is 1. The number of aromatic nitrogens is 1. The summed E-state index contributed by atoms with van der Waals surface area (Å²) < 4.78 is 5.56. The molecule has 0 aliphatic carbocycles. The molecule has 3 heterocycles. The average Bonchev–Trinajstić information content (AvgIpc) is 3.24. The van der Waals surface area contributed by atoms with Gasteiger partial charge in [0.25, 0.3) is 0 Å². The van der Waals surface area contributed by atoms with Crippen molar-refractivity contribution in [1.82, 2.24) is 9.88 Å². The van der Waals surface area contributed by atoms with Crippen molar-refractivity contribution in [2.24, 2.45) is 0 Å². The number of hydrogen-bond acceptors (Lipinski definition) is 3. The molecule has 1 atom stereocenters. The molecule has 5 nitrogen and oxygen atoms in total. The maximum atomic E-state index is 12.1. The summed E-state index contributed by atoms with van der Waals surface area (Å²) in [6, 6.07) is 5.45. The molecule has 2 N–H and O–H groups in total. The monoisotopic (exact) mass is 378 g/mol. The minimum atomic E-state index is -0.500. The quantitative estimate of drug-likeness (QED) is 0.707. The Morgan fingerprint density at radius 2 is 2.28 bits per heavy atom. The number of aromatic amines is 1. The van der Waals surface area contributed by atoms with Crippen molar-refractivity contribution in [3.05, 3.63) is 45.8 Å². The molecule has 25 heavy (non-hydrogen) atoms. The van der Waals surface area contributed by atoms with Crippen molar-refractivity contribution in [2.45, 2.75) is 25.9 Å². The minimum absolute atomic E-state index is 0.0125. The first-order valence-electron chi connectivity index (χ1n) is 7.97. The van der Waals surface area contributed by atoms with E-state index >= 15 is 0 Å². The van der Waals surface area contributed by atoms with Crippen molar-refractivity contribution in [3.8, 4) is 11.3 Å². The van der Waals surface area contributed by atoms with E-state index in [0.717, 1.165) is 27.7 Å². The third-order valence-electron chi connectivity index (χ3n) is 4.76. The molecular weight excluding hydrogens is 363 g/mol. The average molecular weight is 379 g/mol. The van der Waals surface area contributed by atoms with Gasteiger partial charge in [0.2, 0.25) is 5.91 Å². The maximum absolute atomic E-state index is 12.1. The van der Waals surface area contributed by atoms with Crippen LogP contribution in [0.3, 0.4) is 0 Å². The highest BCUT2D eigenvalue weighted by molar-refractivity contribution is 6.45. The molecule has 0 saturated carbocycles. The van der Waals surface area contributed by atoms with Gasteiger partial charge in [0, 0.05) is 41.2 Å². The first kappa shape index (κ1) is 16.5. The third-order valence-corrected chi connectivity index (χ3v) is 5.55. The normalized spacial score (nSPS) is 17.1. The predicted octanol–water partition coefficient (Wildman–Crippen LogP) is 4.00. The summed E-state index contributed by atoms with van der Waals surface area (Å²) in [5.41, 5.74) is 3.59. The van der Waals surface area contributed by atoms with E-state index in [1.165, 1.54) is 0 Å². The number of H-pyrrole nitrogens is 1. The molecule has 0 spiro atoms. The fraction of sp³-hybridized carbons (Fsp3) is 0.278. The van der Waals surface area contributed by atoms with E-state index in [-0.39, 0.29) is 11.9 Å². The summed E-state index contributed by atoms with van der Waals surface area (Å²) in [7, 11) is 0. The lowest BCUT2D eigenvalue weighted by atomic mass is 9.96. The van der Waals surface area contributed by atoms with E-state index in [2.05, 4.69) is 4.98 Å². The van der Waals surface area contributed by atoms with Crippen LogP contribution in [0.2, 0.25) is 10.0 Å². The molecular formula is C18H16Cl2N2O3. The molecule has 7 heteroatoms. The fourth-order valence-electron chi connectivity index (χ4n) is 3.57. The van der Waals surface area contributed by atoms with Crippen LogP contribution in [-0.2, 0) is 17.8 Å². The second kappa shape index (κ2) is 6.09. The number of benzene rings is 1. The molecule has 3 aromatic rings. The SMILES string of the molecule is C[C@@H]1Cc2[nH]c3c(Cl)c(Cl)cc(-c4ccco4)c3c2CN1C(=O)CO. The van der Waals surface area contributed by atoms with Crippen LogP contribution in [0.25, 0.3) is 22.2 Å². The van der Waals surface area contributed by atoms with Gasteiger partial charge in [0.1, 0.15) is 12.4 Å². The van der Waals surface area contributed by atoms with Crippen LogP contribution in [0, 0.1) is 0 Å². The van der Waals surface area contributed by atoms with Gasteiger partial charge in [0.05, 0.1) is 21.8 Å². The molecule has 0 radical (unpaired) electrons. The van der Waals surface area contributed by atoms with E-state index in [1.54, 1.807) is 17.2 Å². The second-order valence-corrected chi connectivity index (χ2v) is 7.05. The Balaban J connectivity index is 1.97. The molecule has 1 aliphatic rings. The first-order valence-corrected chi connectivity index (χ1v) is 8.72. The second-order valence-electron chi connectivity index (χ2n) is 6.26. The fourth-order valence-corrected chi connectivity index (χ4v) is 3.97. The highest BCUT2D eigenvalue weighted by atomic mass is 35.5. The zero-order valence-corrected chi connectivity index (χ0v) is 15.0. The lowest BCUT2D eigenvalue weighted by molar-refractivity contribution is -0.137. The largest absolute Gasteiger partial charge is 0.464 e.